The van der Waals surface area contributed by atoms with Crippen LogP contribution in [0.2, 0.25) is 0 Å². The van der Waals surface area contributed by atoms with Crippen LogP contribution in [0.4, 0.5) is 0 Å². The van der Waals surface area contributed by atoms with Crippen LogP contribution in [0.1, 0.15) is 12.0 Å². The van der Waals surface area contributed by atoms with Gasteiger partial charge in [0.15, 0.2) is 0 Å². The van der Waals surface area contributed by atoms with Crippen LogP contribution >= 0.6 is 0 Å². The molecule has 0 atom stereocenters. The van der Waals surface area contributed by atoms with E-state index in [1.807, 2.05) is 24.3 Å². The van der Waals surface area contributed by atoms with E-state index < -0.39 is 0 Å². The second kappa shape index (κ2) is 5.86. The van der Waals surface area contributed by atoms with E-state index in [-0.39, 0.29) is 6.42 Å². The van der Waals surface area contributed by atoms with Crippen LogP contribution in [0.25, 0.3) is 6.08 Å². The summed E-state index contributed by atoms with van der Waals surface area (Å²) in [4.78, 5) is 10.0. The summed E-state index contributed by atoms with van der Waals surface area (Å²) in [6.07, 6.45) is 5.61. The summed E-state index contributed by atoms with van der Waals surface area (Å²) < 4.78 is 10.3. The van der Waals surface area contributed by atoms with E-state index in [9.17, 15) is 4.79 Å². The maximum absolute atomic E-state index is 10.0. The molecule has 0 aliphatic rings. The fourth-order valence-electron chi connectivity index (χ4n) is 1.20. The minimum absolute atomic E-state index is 0.278. The summed E-state index contributed by atoms with van der Waals surface area (Å²) in [7, 11) is 3.21. The lowest BCUT2D eigenvalue weighted by molar-refractivity contribution is 0.402. The molecule has 3 nitrogen and oxygen atoms in total. The maximum Gasteiger partial charge on any atom is 0.202 e. The molecule has 0 fully saturated rings. The van der Waals surface area contributed by atoms with Gasteiger partial charge >= 0.3 is 0 Å². The van der Waals surface area contributed by atoms with Gasteiger partial charge in [-0.2, -0.15) is 0 Å². The van der Waals surface area contributed by atoms with Gasteiger partial charge in [-0.3, -0.25) is 4.79 Å². The molecular formula is C12H13O3. The van der Waals surface area contributed by atoms with Crippen LogP contribution in [-0.4, -0.2) is 20.5 Å². The lowest BCUT2D eigenvalue weighted by Crippen LogP contribution is -1.89. The summed E-state index contributed by atoms with van der Waals surface area (Å²) in [5, 5.41) is 0. The normalized spacial score (nSPS) is 10.3. The molecule has 0 aromatic heterocycles. The van der Waals surface area contributed by atoms with E-state index >= 15 is 0 Å². The quantitative estimate of drug-likeness (QED) is 0.739. The first-order valence-corrected chi connectivity index (χ1v) is 4.55. The minimum Gasteiger partial charge on any atom is -0.497 e. The predicted molar refractivity (Wildman–Crippen MR) is 58.9 cm³/mol. The average molecular weight is 205 g/mol. The fraction of sp³-hybridized carbons (Fsp3) is 0.250. The highest BCUT2D eigenvalue weighted by Gasteiger charge is 2.00. The maximum atomic E-state index is 10.0. The van der Waals surface area contributed by atoms with Crippen molar-refractivity contribution in [1.29, 1.82) is 0 Å². The second-order valence-electron chi connectivity index (χ2n) is 2.86. The van der Waals surface area contributed by atoms with E-state index in [0.717, 1.165) is 17.1 Å². The molecule has 0 saturated carbocycles. The lowest BCUT2D eigenvalue weighted by atomic mass is 10.1. The molecule has 0 heterocycles. The molecule has 3 heteroatoms. The van der Waals surface area contributed by atoms with Crippen molar-refractivity contribution in [1.82, 2.24) is 0 Å². The first-order chi connectivity index (χ1) is 7.31. The van der Waals surface area contributed by atoms with Gasteiger partial charge in [0.1, 0.15) is 11.5 Å². The van der Waals surface area contributed by atoms with E-state index in [2.05, 4.69) is 0 Å². The molecule has 1 radical (unpaired) electrons. The Kier molecular flexibility index (Phi) is 4.41. The van der Waals surface area contributed by atoms with E-state index in [4.69, 9.17) is 9.47 Å². The zero-order valence-electron chi connectivity index (χ0n) is 8.82. The Morgan fingerprint density at radius 1 is 1.33 bits per heavy atom. The van der Waals surface area contributed by atoms with Crippen LogP contribution in [0.5, 0.6) is 11.5 Å². The molecular weight excluding hydrogens is 192 g/mol. The molecule has 0 N–H and O–H groups in total. The molecule has 0 aliphatic heterocycles. The molecule has 0 unspecified atom stereocenters. The summed E-state index contributed by atoms with van der Waals surface area (Å²) in [5.41, 5.74) is 0.882. The van der Waals surface area contributed by atoms with Crippen molar-refractivity contribution in [2.24, 2.45) is 0 Å². The van der Waals surface area contributed by atoms with Gasteiger partial charge in [0.2, 0.25) is 6.29 Å². The zero-order valence-corrected chi connectivity index (χ0v) is 8.82. The topological polar surface area (TPSA) is 35.5 Å². The third kappa shape index (κ3) is 3.13. The number of methoxy groups -OCH3 is 2. The Bertz CT molecular complexity index is 356. The molecule has 0 saturated heterocycles. The number of ether oxygens (including phenoxy) is 2. The zero-order chi connectivity index (χ0) is 11.1. The van der Waals surface area contributed by atoms with Gasteiger partial charge in [0.05, 0.1) is 14.2 Å². The highest BCUT2D eigenvalue weighted by atomic mass is 16.5. The summed E-state index contributed by atoms with van der Waals surface area (Å²) >= 11 is 0. The van der Waals surface area contributed by atoms with E-state index in [1.165, 1.54) is 0 Å². The van der Waals surface area contributed by atoms with Gasteiger partial charge in [0.25, 0.3) is 0 Å². The minimum atomic E-state index is 0.278. The Hall–Kier alpha value is -1.77. The van der Waals surface area contributed by atoms with Gasteiger partial charge in [-0.05, 0) is 18.2 Å². The summed E-state index contributed by atoms with van der Waals surface area (Å²) in [6, 6.07) is 5.49. The Morgan fingerprint density at radius 3 is 2.73 bits per heavy atom. The van der Waals surface area contributed by atoms with Crippen molar-refractivity contribution in [2.45, 2.75) is 6.42 Å². The van der Waals surface area contributed by atoms with Crippen molar-refractivity contribution in [3.8, 4) is 11.5 Å². The number of hydrogen-bond donors (Lipinski definition) is 0. The van der Waals surface area contributed by atoms with Gasteiger partial charge in [-0.1, -0.05) is 12.2 Å². The van der Waals surface area contributed by atoms with E-state index in [1.54, 1.807) is 26.6 Å². The van der Waals surface area contributed by atoms with Crippen molar-refractivity contribution < 1.29 is 14.3 Å². The SMILES string of the molecule is COc1ccc(OC)c(/C=C/C[C]=O)c1. The van der Waals surface area contributed by atoms with Crippen LogP contribution in [0, 0.1) is 0 Å². The Balaban J connectivity index is 2.95. The molecule has 0 spiro atoms. The number of hydrogen-bond acceptors (Lipinski definition) is 3. The Labute approximate surface area is 89.3 Å². The molecule has 15 heavy (non-hydrogen) atoms. The average Bonchev–Trinajstić information content (AvgIpc) is 2.29. The molecule has 1 aromatic carbocycles. The molecule has 1 aromatic rings. The second-order valence-corrected chi connectivity index (χ2v) is 2.86. The Morgan fingerprint density at radius 2 is 2.13 bits per heavy atom. The van der Waals surface area contributed by atoms with Crippen LogP contribution in [0.15, 0.2) is 24.3 Å². The van der Waals surface area contributed by atoms with Crippen molar-refractivity contribution in [3.63, 3.8) is 0 Å². The summed E-state index contributed by atoms with van der Waals surface area (Å²) in [6.45, 7) is 0. The van der Waals surface area contributed by atoms with Gasteiger partial charge in [0, 0.05) is 12.0 Å². The third-order valence-corrected chi connectivity index (χ3v) is 1.94. The standard InChI is InChI=1S/C12H13O3/c1-14-11-6-7-12(15-2)10(9-11)5-3-4-8-13/h3,5-7,9H,4H2,1-2H3/b5-3+. The smallest absolute Gasteiger partial charge is 0.202 e. The van der Waals surface area contributed by atoms with Crippen LogP contribution in [-0.2, 0) is 4.79 Å². The number of carbonyl (C=O) groups excluding carboxylic acids is 1. The molecule has 0 amide bonds. The van der Waals surface area contributed by atoms with Gasteiger partial charge in [-0.25, -0.2) is 0 Å². The van der Waals surface area contributed by atoms with Crippen molar-refractivity contribution >= 4 is 12.4 Å². The predicted octanol–water partition coefficient (Wildman–Crippen LogP) is 2.22. The molecule has 79 valence electrons. The monoisotopic (exact) mass is 205 g/mol. The van der Waals surface area contributed by atoms with Crippen LogP contribution in [0.3, 0.4) is 0 Å². The third-order valence-electron chi connectivity index (χ3n) is 1.94. The molecule has 0 aliphatic carbocycles. The number of allylic oxidation sites excluding steroid dienone is 1. The fourth-order valence-corrected chi connectivity index (χ4v) is 1.20. The van der Waals surface area contributed by atoms with Crippen molar-refractivity contribution in [3.05, 3.63) is 29.8 Å². The number of benzene rings is 1. The molecule has 0 bridgehead atoms. The highest BCUT2D eigenvalue weighted by molar-refractivity contribution is 5.63. The summed E-state index contributed by atoms with van der Waals surface area (Å²) in [5.74, 6) is 1.50. The first-order valence-electron chi connectivity index (χ1n) is 4.55. The number of rotatable bonds is 5. The largest absolute Gasteiger partial charge is 0.497 e. The first kappa shape index (κ1) is 11.3. The lowest BCUT2D eigenvalue weighted by Gasteiger charge is -2.06. The van der Waals surface area contributed by atoms with Gasteiger partial charge < -0.3 is 9.47 Å². The van der Waals surface area contributed by atoms with Crippen LogP contribution < -0.4 is 9.47 Å². The van der Waals surface area contributed by atoms with E-state index in [0.29, 0.717) is 0 Å². The van der Waals surface area contributed by atoms with Gasteiger partial charge in [-0.15, -0.1) is 0 Å². The highest BCUT2D eigenvalue weighted by Crippen LogP contribution is 2.24. The van der Waals surface area contributed by atoms with Crippen molar-refractivity contribution in [2.75, 3.05) is 14.2 Å². The molecule has 1 rings (SSSR count).